The van der Waals surface area contributed by atoms with Crippen molar-refractivity contribution in [2.45, 2.75) is 32.7 Å². The second kappa shape index (κ2) is 7.05. The zero-order chi connectivity index (χ0) is 15.3. The summed E-state index contributed by atoms with van der Waals surface area (Å²) in [7, 11) is 0. The summed E-state index contributed by atoms with van der Waals surface area (Å²) in [6.07, 6.45) is 2.19. The molecule has 4 nitrogen and oxygen atoms in total. The number of hydrogen-bond acceptors (Lipinski definition) is 3. The average Bonchev–Trinajstić information content (AvgIpc) is 2.54. The highest BCUT2D eigenvalue weighted by molar-refractivity contribution is 5.82. The summed E-state index contributed by atoms with van der Waals surface area (Å²) >= 11 is 0. The highest BCUT2D eigenvalue weighted by Gasteiger charge is 2.38. The molecule has 0 aliphatic carbocycles. The van der Waals surface area contributed by atoms with Crippen molar-refractivity contribution in [1.82, 2.24) is 10.6 Å². The van der Waals surface area contributed by atoms with Gasteiger partial charge in [-0.05, 0) is 37.4 Å². The zero-order valence-corrected chi connectivity index (χ0v) is 12.9. The number of rotatable bonds is 5. The molecule has 2 atom stereocenters. The predicted molar refractivity (Wildman–Crippen MR) is 83.8 cm³/mol. The number of amides is 1. The number of carbonyl (C=O) groups excluding carboxylic acids is 1. The van der Waals surface area contributed by atoms with Gasteiger partial charge in [-0.25, -0.2) is 0 Å². The molecule has 0 radical (unpaired) electrons. The van der Waals surface area contributed by atoms with Crippen LogP contribution in [0.4, 0.5) is 0 Å². The third-order valence-electron chi connectivity index (χ3n) is 4.59. The van der Waals surface area contributed by atoms with Gasteiger partial charge in [0.1, 0.15) is 0 Å². The Morgan fingerprint density at radius 3 is 2.71 bits per heavy atom. The Kier molecular flexibility index (Phi) is 5.37. The molecule has 0 spiro atoms. The lowest BCUT2D eigenvalue weighted by Crippen LogP contribution is -2.48. The lowest BCUT2D eigenvalue weighted by atomic mass is 9.74. The van der Waals surface area contributed by atoms with Crippen LogP contribution in [0.1, 0.15) is 38.3 Å². The lowest BCUT2D eigenvalue weighted by molar-refractivity contribution is -0.133. The van der Waals surface area contributed by atoms with E-state index < -0.39 is 5.41 Å². The second-order valence-electron chi connectivity index (χ2n) is 6.38. The maximum Gasteiger partial charge on any atom is 0.226 e. The van der Waals surface area contributed by atoms with E-state index >= 15 is 0 Å². The molecular formula is C17H26N2O2. The molecule has 1 aromatic rings. The molecule has 1 aliphatic heterocycles. The number of benzene rings is 1. The normalized spacial score (nSPS) is 20.8. The van der Waals surface area contributed by atoms with Gasteiger partial charge < -0.3 is 15.7 Å². The number of aliphatic hydroxyl groups excluding tert-OH is 1. The lowest BCUT2D eigenvalue weighted by Gasteiger charge is -2.37. The van der Waals surface area contributed by atoms with E-state index in [1.807, 2.05) is 44.2 Å². The van der Waals surface area contributed by atoms with E-state index in [-0.39, 0.29) is 18.6 Å². The Balaban J connectivity index is 2.04. The molecule has 1 saturated heterocycles. The summed E-state index contributed by atoms with van der Waals surface area (Å²) in [5.74, 6) is 0.348. The molecule has 1 heterocycles. The molecule has 3 N–H and O–H groups in total. The van der Waals surface area contributed by atoms with Gasteiger partial charge in [-0.2, -0.15) is 0 Å². The van der Waals surface area contributed by atoms with Crippen molar-refractivity contribution in [2.24, 2.45) is 11.3 Å². The van der Waals surface area contributed by atoms with Gasteiger partial charge in [0.25, 0.3) is 0 Å². The smallest absolute Gasteiger partial charge is 0.226 e. The van der Waals surface area contributed by atoms with Crippen LogP contribution in [0.25, 0.3) is 0 Å². The number of carbonyl (C=O) groups is 1. The number of aliphatic hydroxyl groups is 1. The van der Waals surface area contributed by atoms with Crippen LogP contribution < -0.4 is 10.6 Å². The highest BCUT2D eigenvalue weighted by atomic mass is 16.3. The van der Waals surface area contributed by atoms with Gasteiger partial charge in [-0.3, -0.25) is 4.79 Å². The first-order valence-corrected chi connectivity index (χ1v) is 7.73. The predicted octanol–water partition coefficient (Wildman–Crippen LogP) is 1.86. The molecular weight excluding hydrogens is 264 g/mol. The molecule has 1 amide bonds. The Hall–Kier alpha value is -1.39. The Bertz CT molecular complexity index is 453. The van der Waals surface area contributed by atoms with E-state index in [1.165, 1.54) is 0 Å². The molecule has 0 aromatic heterocycles. The first-order valence-electron chi connectivity index (χ1n) is 7.73. The maximum absolute atomic E-state index is 12.7. The SMILES string of the molecule is CC(C)(C(=O)N[C@H](CO)c1ccccc1)C1CCCNC1. The maximum atomic E-state index is 12.7. The topological polar surface area (TPSA) is 61.4 Å². The molecule has 4 heteroatoms. The Morgan fingerprint density at radius 2 is 2.14 bits per heavy atom. The van der Waals surface area contributed by atoms with Crippen LogP contribution in [0.2, 0.25) is 0 Å². The van der Waals surface area contributed by atoms with Crippen LogP contribution in [0.3, 0.4) is 0 Å². The molecule has 2 rings (SSSR count). The van der Waals surface area contributed by atoms with Crippen molar-refractivity contribution in [3.05, 3.63) is 35.9 Å². The average molecular weight is 290 g/mol. The largest absolute Gasteiger partial charge is 0.394 e. The fourth-order valence-electron chi connectivity index (χ4n) is 2.92. The standard InChI is InChI=1S/C17H26N2O2/c1-17(2,14-9-6-10-18-11-14)16(21)19-15(12-20)13-7-4-3-5-8-13/h3-5,7-8,14-15,18,20H,6,9-12H2,1-2H3,(H,19,21)/t14?,15-/m1/s1. The quantitative estimate of drug-likeness (QED) is 0.776. The van der Waals surface area contributed by atoms with Gasteiger partial charge in [-0.15, -0.1) is 0 Å². The first kappa shape index (κ1) is 16.0. The molecule has 0 bridgehead atoms. The fraction of sp³-hybridized carbons (Fsp3) is 0.588. The fourth-order valence-corrected chi connectivity index (χ4v) is 2.92. The van der Waals surface area contributed by atoms with E-state index in [9.17, 15) is 9.90 Å². The third-order valence-corrected chi connectivity index (χ3v) is 4.59. The van der Waals surface area contributed by atoms with Crippen LogP contribution in [0, 0.1) is 11.3 Å². The zero-order valence-electron chi connectivity index (χ0n) is 12.9. The van der Waals surface area contributed by atoms with E-state index in [0.717, 1.165) is 31.5 Å². The molecule has 1 aromatic carbocycles. The minimum absolute atomic E-state index is 0.0131. The van der Waals surface area contributed by atoms with Crippen molar-refractivity contribution in [2.75, 3.05) is 19.7 Å². The molecule has 1 aliphatic rings. The van der Waals surface area contributed by atoms with Crippen molar-refractivity contribution in [3.63, 3.8) is 0 Å². The van der Waals surface area contributed by atoms with Gasteiger partial charge in [0, 0.05) is 5.41 Å². The Morgan fingerprint density at radius 1 is 1.43 bits per heavy atom. The minimum Gasteiger partial charge on any atom is -0.394 e. The van der Waals surface area contributed by atoms with Gasteiger partial charge in [-0.1, -0.05) is 44.2 Å². The summed E-state index contributed by atoms with van der Waals surface area (Å²) in [4.78, 5) is 12.7. The van der Waals surface area contributed by atoms with E-state index in [1.54, 1.807) is 0 Å². The minimum atomic E-state index is -0.435. The van der Waals surface area contributed by atoms with Gasteiger partial charge in [0.2, 0.25) is 5.91 Å². The molecule has 1 unspecified atom stereocenters. The van der Waals surface area contributed by atoms with Crippen LogP contribution in [-0.4, -0.2) is 30.7 Å². The number of piperidine rings is 1. The monoisotopic (exact) mass is 290 g/mol. The summed E-state index contributed by atoms with van der Waals surface area (Å²) in [6, 6.07) is 9.28. The van der Waals surface area contributed by atoms with Crippen LogP contribution in [0.15, 0.2) is 30.3 Å². The van der Waals surface area contributed by atoms with Crippen molar-refractivity contribution < 1.29 is 9.90 Å². The van der Waals surface area contributed by atoms with Crippen molar-refractivity contribution in [3.8, 4) is 0 Å². The van der Waals surface area contributed by atoms with E-state index in [0.29, 0.717) is 5.92 Å². The first-order chi connectivity index (χ1) is 10.1. The van der Waals surface area contributed by atoms with Gasteiger partial charge in [0.15, 0.2) is 0 Å². The van der Waals surface area contributed by atoms with Crippen molar-refractivity contribution >= 4 is 5.91 Å². The van der Waals surface area contributed by atoms with Crippen molar-refractivity contribution in [1.29, 1.82) is 0 Å². The summed E-state index contributed by atoms with van der Waals surface area (Å²) < 4.78 is 0. The second-order valence-corrected chi connectivity index (χ2v) is 6.38. The highest BCUT2D eigenvalue weighted by Crippen LogP contribution is 2.32. The van der Waals surface area contributed by atoms with Crippen LogP contribution >= 0.6 is 0 Å². The molecule has 1 fully saturated rings. The number of nitrogens with one attached hydrogen (secondary N) is 2. The Labute approximate surface area is 126 Å². The summed E-state index contributed by atoms with van der Waals surface area (Å²) in [5, 5.41) is 15.9. The number of hydrogen-bond donors (Lipinski definition) is 3. The summed E-state index contributed by atoms with van der Waals surface area (Å²) in [6.45, 7) is 5.83. The molecule has 116 valence electrons. The molecule has 21 heavy (non-hydrogen) atoms. The van der Waals surface area contributed by atoms with E-state index in [2.05, 4.69) is 10.6 Å². The van der Waals surface area contributed by atoms with Gasteiger partial charge in [0.05, 0.1) is 12.6 Å². The van der Waals surface area contributed by atoms with Crippen LogP contribution in [-0.2, 0) is 4.79 Å². The summed E-state index contributed by atoms with van der Waals surface area (Å²) in [5.41, 5.74) is 0.501. The van der Waals surface area contributed by atoms with Crippen LogP contribution in [0.5, 0.6) is 0 Å². The van der Waals surface area contributed by atoms with E-state index in [4.69, 9.17) is 0 Å². The molecule has 0 saturated carbocycles. The van der Waals surface area contributed by atoms with Gasteiger partial charge >= 0.3 is 0 Å². The third kappa shape index (κ3) is 3.83.